The van der Waals surface area contributed by atoms with Gasteiger partial charge in [0.15, 0.2) is 5.15 Å². The lowest BCUT2D eigenvalue weighted by Gasteiger charge is -2.28. The molecule has 2 aromatic rings. The van der Waals surface area contributed by atoms with E-state index in [0.29, 0.717) is 5.15 Å². The quantitative estimate of drug-likeness (QED) is 0.656. The highest BCUT2D eigenvalue weighted by atomic mass is 35.5. The van der Waals surface area contributed by atoms with E-state index >= 15 is 0 Å². The zero-order chi connectivity index (χ0) is 11.3. The molecule has 0 aromatic carbocycles. The van der Waals surface area contributed by atoms with Crippen molar-refractivity contribution in [2.45, 2.75) is 13.5 Å². The van der Waals surface area contributed by atoms with E-state index in [1.165, 1.54) is 5.69 Å². The lowest BCUT2D eigenvalue weighted by atomic mass is 10.2. The lowest BCUT2D eigenvalue weighted by Crippen LogP contribution is -2.26. The summed E-state index contributed by atoms with van der Waals surface area (Å²) >= 11 is 6.12. The fourth-order valence-corrected chi connectivity index (χ4v) is 2.44. The van der Waals surface area contributed by atoms with Gasteiger partial charge in [-0.2, -0.15) is 5.10 Å². The molecule has 0 spiro atoms. The van der Waals surface area contributed by atoms with Crippen LogP contribution in [-0.2, 0) is 6.54 Å². The van der Waals surface area contributed by atoms with Gasteiger partial charge in [0, 0.05) is 13.2 Å². The van der Waals surface area contributed by atoms with E-state index in [9.17, 15) is 0 Å². The summed E-state index contributed by atoms with van der Waals surface area (Å²) in [7, 11) is 2.01. The second-order valence-electron chi connectivity index (χ2n) is 4.01. The number of pyridine rings is 1. The van der Waals surface area contributed by atoms with Crippen molar-refractivity contribution in [3.8, 4) is 5.69 Å². The number of anilines is 1. The normalized spacial score (nSPS) is 13.6. The Morgan fingerprint density at radius 3 is 3.06 bits per heavy atom. The van der Waals surface area contributed by atoms with Crippen molar-refractivity contribution in [3.63, 3.8) is 0 Å². The largest absolute Gasteiger partial charge is 0.364 e. The molecule has 0 atom stereocenters. The molecule has 3 heterocycles. The first-order valence-corrected chi connectivity index (χ1v) is 5.46. The predicted molar refractivity (Wildman–Crippen MR) is 63.2 cm³/mol. The van der Waals surface area contributed by atoms with Gasteiger partial charge in [-0.1, -0.05) is 11.6 Å². The van der Waals surface area contributed by atoms with Crippen LogP contribution in [0.3, 0.4) is 0 Å². The fraction of sp³-hybridized carbons (Fsp3) is 0.273. The summed E-state index contributed by atoms with van der Waals surface area (Å²) in [6.45, 7) is 2.80. The van der Waals surface area contributed by atoms with Crippen molar-refractivity contribution >= 4 is 17.3 Å². The van der Waals surface area contributed by atoms with Crippen LogP contribution in [0.2, 0.25) is 5.15 Å². The van der Waals surface area contributed by atoms with Gasteiger partial charge in [-0.3, -0.25) is 0 Å². The van der Waals surface area contributed by atoms with Crippen LogP contribution in [0, 0.1) is 6.92 Å². The van der Waals surface area contributed by atoms with E-state index < -0.39 is 0 Å². The van der Waals surface area contributed by atoms with E-state index in [0.717, 1.165) is 23.6 Å². The van der Waals surface area contributed by atoms with Crippen LogP contribution in [0.4, 0.5) is 5.69 Å². The zero-order valence-corrected chi connectivity index (χ0v) is 9.86. The Morgan fingerprint density at radius 2 is 2.25 bits per heavy atom. The van der Waals surface area contributed by atoms with Gasteiger partial charge in [-0.15, -0.1) is 0 Å². The van der Waals surface area contributed by atoms with Crippen LogP contribution in [-0.4, -0.2) is 21.8 Å². The molecule has 0 radical (unpaired) electrons. The molecular formula is C11H11ClN4. The fourth-order valence-electron chi connectivity index (χ4n) is 2.14. The highest BCUT2D eigenvalue weighted by molar-refractivity contribution is 6.32. The smallest absolute Gasteiger partial charge is 0.154 e. The summed E-state index contributed by atoms with van der Waals surface area (Å²) in [6.07, 6.45) is 1.71. The van der Waals surface area contributed by atoms with Crippen LogP contribution < -0.4 is 4.90 Å². The van der Waals surface area contributed by atoms with Gasteiger partial charge in [0.2, 0.25) is 0 Å². The maximum Gasteiger partial charge on any atom is 0.154 e. The Kier molecular flexibility index (Phi) is 1.94. The minimum Gasteiger partial charge on any atom is -0.364 e. The Morgan fingerprint density at radius 1 is 1.44 bits per heavy atom. The van der Waals surface area contributed by atoms with Crippen LogP contribution >= 0.6 is 11.6 Å². The Labute approximate surface area is 98.5 Å². The molecular weight excluding hydrogens is 224 g/mol. The van der Waals surface area contributed by atoms with Gasteiger partial charge in [-0.25, -0.2) is 9.67 Å². The third kappa shape index (κ3) is 1.23. The molecule has 0 saturated carbocycles. The van der Waals surface area contributed by atoms with E-state index in [2.05, 4.69) is 21.0 Å². The van der Waals surface area contributed by atoms with Crippen molar-refractivity contribution < 1.29 is 0 Å². The molecule has 5 heteroatoms. The van der Waals surface area contributed by atoms with Gasteiger partial charge < -0.3 is 4.90 Å². The molecule has 0 amide bonds. The Hall–Kier alpha value is -1.55. The molecule has 0 N–H and O–H groups in total. The summed E-state index contributed by atoms with van der Waals surface area (Å²) in [5, 5.41) is 5.00. The van der Waals surface area contributed by atoms with Gasteiger partial charge >= 0.3 is 0 Å². The minimum absolute atomic E-state index is 0.527. The molecule has 16 heavy (non-hydrogen) atoms. The van der Waals surface area contributed by atoms with Crippen molar-refractivity contribution in [1.29, 1.82) is 0 Å². The predicted octanol–water partition coefficient (Wildman–Crippen LogP) is 2.18. The van der Waals surface area contributed by atoms with Crippen LogP contribution in [0.25, 0.3) is 5.69 Å². The lowest BCUT2D eigenvalue weighted by molar-refractivity contribution is 0.733. The first kappa shape index (κ1) is 9.66. The van der Waals surface area contributed by atoms with Gasteiger partial charge in [0.1, 0.15) is 5.69 Å². The number of aryl methyl sites for hydroxylation is 1. The number of hydrogen-bond donors (Lipinski definition) is 0. The van der Waals surface area contributed by atoms with Crippen LogP contribution in [0.5, 0.6) is 0 Å². The monoisotopic (exact) mass is 234 g/mol. The van der Waals surface area contributed by atoms with Crippen molar-refractivity contribution in [3.05, 3.63) is 34.9 Å². The molecule has 3 rings (SSSR count). The summed E-state index contributed by atoms with van der Waals surface area (Å²) in [5.74, 6) is 0. The molecule has 2 aromatic heterocycles. The Balaban J connectivity index is 2.32. The van der Waals surface area contributed by atoms with Crippen LogP contribution in [0.1, 0.15) is 11.4 Å². The number of nitrogens with zero attached hydrogens (tertiary/aromatic N) is 4. The first-order chi connectivity index (χ1) is 7.66. The second kappa shape index (κ2) is 3.22. The Bertz CT molecular complexity index is 561. The maximum atomic E-state index is 6.12. The number of hydrogen-bond acceptors (Lipinski definition) is 3. The molecule has 0 aliphatic carbocycles. The van der Waals surface area contributed by atoms with E-state index in [1.54, 1.807) is 6.20 Å². The summed E-state index contributed by atoms with van der Waals surface area (Å²) in [6, 6.07) is 4.03. The average molecular weight is 235 g/mol. The summed E-state index contributed by atoms with van der Waals surface area (Å²) in [4.78, 5) is 6.20. The molecule has 1 aliphatic heterocycles. The SMILES string of the molecule is Cc1cc2n(n1)-c1ccnc(Cl)c1N(C)C2. The number of fused-ring (bicyclic) bond motifs is 3. The summed E-state index contributed by atoms with van der Waals surface area (Å²) < 4.78 is 1.94. The highest BCUT2D eigenvalue weighted by Gasteiger charge is 2.23. The molecule has 4 nitrogen and oxygen atoms in total. The maximum absolute atomic E-state index is 6.12. The molecule has 0 unspecified atom stereocenters. The van der Waals surface area contributed by atoms with E-state index in [-0.39, 0.29) is 0 Å². The van der Waals surface area contributed by atoms with E-state index in [1.807, 2.05) is 24.7 Å². The molecule has 82 valence electrons. The topological polar surface area (TPSA) is 34.0 Å². The van der Waals surface area contributed by atoms with Gasteiger partial charge in [0.25, 0.3) is 0 Å². The van der Waals surface area contributed by atoms with Gasteiger partial charge in [0.05, 0.1) is 23.6 Å². The molecule has 0 saturated heterocycles. The minimum atomic E-state index is 0.527. The van der Waals surface area contributed by atoms with Crippen molar-refractivity contribution in [2.24, 2.45) is 0 Å². The standard InChI is InChI=1S/C11H11ClN4/c1-7-5-8-6-15(2)10-9(16(8)14-7)3-4-13-11(10)12/h3-5H,6H2,1-2H3. The summed E-state index contributed by atoms with van der Waals surface area (Å²) in [5.41, 5.74) is 4.13. The second-order valence-corrected chi connectivity index (χ2v) is 4.37. The third-order valence-electron chi connectivity index (χ3n) is 2.77. The highest BCUT2D eigenvalue weighted by Crippen LogP contribution is 2.35. The molecule has 0 fully saturated rings. The van der Waals surface area contributed by atoms with Crippen molar-refractivity contribution in [2.75, 3.05) is 11.9 Å². The van der Waals surface area contributed by atoms with Gasteiger partial charge in [-0.05, 0) is 19.1 Å². The first-order valence-electron chi connectivity index (χ1n) is 5.08. The average Bonchev–Trinajstić information content (AvgIpc) is 2.58. The zero-order valence-electron chi connectivity index (χ0n) is 9.11. The molecule has 1 aliphatic rings. The van der Waals surface area contributed by atoms with Crippen LogP contribution in [0.15, 0.2) is 18.3 Å². The number of aromatic nitrogens is 3. The number of rotatable bonds is 0. The number of halogens is 1. The van der Waals surface area contributed by atoms with E-state index in [4.69, 9.17) is 11.6 Å². The third-order valence-corrected chi connectivity index (χ3v) is 3.05. The van der Waals surface area contributed by atoms with Crippen molar-refractivity contribution in [1.82, 2.24) is 14.8 Å². The molecule has 0 bridgehead atoms.